The van der Waals surface area contributed by atoms with Crippen LogP contribution in [0.5, 0.6) is 0 Å². The molecule has 1 aliphatic carbocycles. The quantitative estimate of drug-likeness (QED) is 0.605. The highest BCUT2D eigenvalue weighted by molar-refractivity contribution is 6.18. The van der Waals surface area contributed by atoms with Gasteiger partial charge in [-0.3, -0.25) is 4.79 Å². The van der Waals surface area contributed by atoms with Crippen LogP contribution in [-0.2, 0) is 4.79 Å². The van der Waals surface area contributed by atoms with Crippen molar-refractivity contribution >= 4 is 17.5 Å². The third-order valence-corrected chi connectivity index (χ3v) is 2.41. The van der Waals surface area contributed by atoms with Gasteiger partial charge < -0.3 is 4.90 Å². The largest absolute Gasteiger partial charge is 0.343 e. The van der Waals surface area contributed by atoms with Gasteiger partial charge in [0.2, 0.25) is 5.91 Å². The van der Waals surface area contributed by atoms with Crippen molar-refractivity contribution < 1.29 is 4.79 Å². The summed E-state index contributed by atoms with van der Waals surface area (Å²) in [6.07, 6.45) is 3.08. The molecular weight excluding hydrogens is 174 g/mol. The van der Waals surface area contributed by atoms with Gasteiger partial charge in [0.05, 0.1) is 0 Å². The molecule has 12 heavy (non-hydrogen) atoms. The van der Waals surface area contributed by atoms with Gasteiger partial charge in [-0.1, -0.05) is 0 Å². The van der Waals surface area contributed by atoms with Crippen molar-refractivity contribution in [1.29, 1.82) is 0 Å². The van der Waals surface area contributed by atoms with Crippen molar-refractivity contribution in [1.82, 2.24) is 4.90 Å². The molecule has 0 saturated heterocycles. The third kappa shape index (κ3) is 3.02. The van der Waals surface area contributed by atoms with Crippen molar-refractivity contribution in [2.45, 2.75) is 26.2 Å². The van der Waals surface area contributed by atoms with E-state index in [-0.39, 0.29) is 5.91 Å². The molecule has 3 heteroatoms. The number of nitrogens with zero attached hydrogens (tertiary/aromatic N) is 1. The zero-order chi connectivity index (χ0) is 8.97. The summed E-state index contributed by atoms with van der Waals surface area (Å²) in [7, 11) is 0. The molecule has 0 N–H and O–H groups in total. The molecule has 0 bridgehead atoms. The fourth-order valence-corrected chi connectivity index (χ4v) is 1.42. The van der Waals surface area contributed by atoms with Gasteiger partial charge in [0.25, 0.3) is 0 Å². The predicted molar refractivity (Wildman–Crippen MR) is 50.3 cm³/mol. The van der Waals surface area contributed by atoms with Gasteiger partial charge in [0.15, 0.2) is 0 Å². The van der Waals surface area contributed by atoms with Gasteiger partial charge in [-0.05, 0) is 25.7 Å². The predicted octanol–water partition coefficient (Wildman–Crippen LogP) is 1.87. The summed E-state index contributed by atoms with van der Waals surface area (Å²) in [6.45, 7) is 3.80. The Bertz CT molecular complexity index is 157. The summed E-state index contributed by atoms with van der Waals surface area (Å²) in [6, 6.07) is 0. The van der Waals surface area contributed by atoms with Crippen LogP contribution in [0, 0.1) is 5.92 Å². The highest BCUT2D eigenvalue weighted by atomic mass is 35.5. The molecule has 0 heterocycles. The Kier molecular flexibility index (Phi) is 3.86. The SMILES string of the molecule is CCN(CC1CC1)C(=O)CCCl. The fraction of sp³-hybridized carbons (Fsp3) is 0.889. The highest BCUT2D eigenvalue weighted by Crippen LogP contribution is 2.29. The minimum Gasteiger partial charge on any atom is -0.343 e. The van der Waals surface area contributed by atoms with E-state index in [1.807, 2.05) is 11.8 Å². The van der Waals surface area contributed by atoms with E-state index in [1.165, 1.54) is 12.8 Å². The summed E-state index contributed by atoms with van der Waals surface area (Å²) in [5.74, 6) is 1.43. The lowest BCUT2D eigenvalue weighted by Crippen LogP contribution is -2.32. The molecule has 0 atom stereocenters. The minimum absolute atomic E-state index is 0.208. The summed E-state index contributed by atoms with van der Waals surface area (Å²) >= 11 is 5.50. The maximum Gasteiger partial charge on any atom is 0.223 e. The molecule has 2 nitrogen and oxygen atoms in total. The van der Waals surface area contributed by atoms with Crippen molar-refractivity contribution in [3.05, 3.63) is 0 Å². The van der Waals surface area contributed by atoms with E-state index in [1.54, 1.807) is 0 Å². The Morgan fingerprint density at radius 3 is 2.67 bits per heavy atom. The first-order chi connectivity index (χ1) is 5.77. The first-order valence-corrected chi connectivity index (χ1v) is 5.15. The number of hydrogen-bond donors (Lipinski definition) is 0. The van der Waals surface area contributed by atoms with Crippen molar-refractivity contribution in [3.63, 3.8) is 0 Å². The van der Waals surface area contributed by atoms with Crippen LogP contribution in [0.2, 0.25) is 0 Å². The first kappa shape index (κ1) is 9.85. The molecule has 0 aromatic rings. The second kappa shape index (κ2) is 4.70. The molecule has 0 unspecified atom stereocenters. The Morgan fingerprint density at radius 1 is 1.58 bits per heavy atom. The lowest BCUT2D eigenvalue weighted by atomic mass is 10.3. The van der Waals surface area contributed by atoms with Gasteiger partial charge in [0, 0.05) is 25.4 Å². The number of carbonyl (C=O) groups is 1. The molecule has 1 rings (SSSR count). The standard InChI is InChI=1S/C9H16ClNO/c1-2-11(7-8-3-4-8)9(12)5-6-10/h8H,2-7H2,1H3. The molecule has 70 valence electrons. The second-order valence-corrected chi connectivity index (χ2v) is 3.69. The van der Waals surface area contributed by atoms with Crippen LogP contribution in [0.3, 0.4) is 0 Å². The maximum absolute atomic E-state index is 11.4. The van der Waals surface area contributed by atoms with Crippen LogP contribution < -0.4 is 0 Å². The molecule has 1 saturated carbocycles. The topological polar surface area (TPSA) is 20.3 Å². The van der Waals surface area contributed by atoms with E-state index >= 15 is 0 Å². The number of hydrogen-bond acceptors (Lipinski definition) is 1. The Labute approximate surface area is 78.9 Å². The molecular formula is C9H16ClNO. The molecule has 0 aromatic carbocycles. The van der Waals surface area contributed by atoms with Gasteiger partial charge in [0.1, 0.15) is 0 Å². The van der Waals surface area contributed by atoms with Gasteiger partial charge >= 0.3 is 0 Å². The van der Waals surface area contributed by atoms with E-state index in [9.17, 15) is 4.79 Å². The molecule has 1 amide bonds. The average molecular weight is 190 g/mol. The fourth-order valence-electron chi connectivity index (χ4n) is 1.26. The summed E-state index contributed by atoms with van der Waals surface area (Å²) in [5, 5.41) is 0. The highest BCUT2D eigenvalue weighted by Gasteiger charge is 2.25. The van der Waals surface area contributed by atoms with Crippen LogP contribution in [-0.4, -0.2) is 29.8 Å². The van der Waals surface area contributed by atoms with Crippen molar-refractivity contribution in [3.8, 4) is 0 Å². The second-order valence-electron chi connectivity index (χ2n) is 3.31. The summed E-state index contributed by atoms with van der Waals surface area (Å²) in [5.41, 5.74) is 0. The van der Waals surface area contributed by atoms with Crippen LogP contribution in [0.1, 0.15) is 26.2 Å². The average Bonchev–Trinajstić information content (AvgIpc) is 2.84. The van der Waals surface area contributed by atoms with Gasteiger partial charge in [-0.15, -0.1) is 11.6 Å². The lowest BCUT2D eigenvalue weighted by Gasteiger charge is -2.19. The molecule has 0 spiro atoms. The van der Waals surface area contributed by atoms with E-state index in [2.05, 4.69) is 0 Å². The smallest absolute Gasteiger partial charge is 0.223 e. The number of alkyl halides is 1. The molecule has 0 aromatic heterocycles. The molecule has 0 radical (unpaired) electrons. The van der Waals surface area contributed by atoms with Crippen LogP contribution >= 0.6 is 11.6 Å². The first-order valence-electron chi connectivity index (χ1n) is 4.61. The molecule has 1 fully saturated rings. The summed E-state index contributed by atoms with van der Waals surface area (Å²) < 4.78 is 0. The maximum atomic E-state index is 11.4. The van der Waals surface area contributed by atoms with Crippen LogP contribution in [0.15, 0.2) is 0 Å². The normalized spacial score (nSPS) is 16.2. The van der Waals surface area contributed by atoms with Crippen LogP contribution in [0.4, 0.5) is 0 Å². The summed E-state index contributed by atoms with van der Waals surface area (Å²) in [4.78, 5) is 13.3. The zero-order valence-corrected chi connectivity index (χ0v) is 8.31. The van der Waals surface area contributed by atoms with E-state index in [0.29, 0.717) is 12.3 Å². The van der Waals surface area contributed by atoms with E-state index in [0.717, 1.165) is 19.0 Å². The van der Waals surface area contributed by atoms with Crippen molar-refractivity contribution in [2.24, 2.45) is 5.92 Å². The monoisotopic (exact) mass is 189 g/mol. The van der Waals surface area contributed by atoms with E-state index in [4.69, 9.17) is 11.6 Å². The van der Waals surface area contributed by atoms with Crippen molar-refractivity contribution in [2.75, 3.05) is 19.0 Å². The Balaban J connectivity index is 2.26. The number of rotatable bonds is 5. The number of amides is 1. The van der Waals surface area contributed by atoms with Gasteiger partial charge in [-0.2, -0.15) is 0 Å². The molecule has 0 aliphatic heterocycles. The number of halogens is 1. The van der Waals surface area contributed by atoms with E-state index < -0.39 is 0 Å². The third-order valence-electron chi connectivity index (χ3n) is 2.22. The zero-order valence-electron chi connectivity index (χ0n) is 7.55. The van der Waals surface area contributed by atoms with Crippen LogP contribution in [0.25, 0.3) is 0 Å². The van der Waals surface area contributed by atoms with Gasteiger partial charge in [-0.25, -0.2) is 0 Å². The molecule has 1 aliphatic rings. The minimum atomic E-state index is 0.208. The number of carbonyl (C=O) groups excluding carboxylic acids is 1. The Morgan fingerprint density at radius 2 is 2.25 bits per heavy atom. The lowest BCUT2D eigenvalue weighted by molar-refractivity contribution is -0.130. The Hall–Kier alpha value is -0.240.